The van der Waals surface area contributed by atoms with E-state index in [9.17, 15) is 8.42 Å². The molecular formula is C7H9ClN4O2S. The molecule has 1 fully saturated rings. The Morgan fingerprint density at radius 1 is 1.47 bits per heavy atom. The Balaban J connectivity index is 2.12. The normalized spacial score (nSPS) is 20.6. The molecule has 0 amide bonds. The van der Waals surface area contributed by atoms with Crippen molar-refractivity contribution < 1.29 is 8.42 Å². The Bertz CT molecular complexity index is 447. The van der Waals surface area contributed by atoms with Gasteiger partial charge in [0.05, 0.1) is 24.6 Å². The van der Waals surface area contributed by atoms with Gasteiger partial charge in [0, 0.05) is 13.1 Å². The highest BCUT2D eigenvalue weighted by atomic mass is 35.5. The maximum atomic E-state index is 11.4. The molecule has 0 bridgehead atoms. The molecule has 1 aliphatic rings. The summed E-state index contributed by atoms with van der Waals surface area (Å²) in [5.74, 6) is 0. The van der Waals surface area contributed by atoms with Crippen LogP contribution in [0, 0.1) is 0 Å². The second kappa shape index (κ2) is 4.01. The standard InChI is InChI=1S/C7H9ClN4O2S/c8-7-4-9-6(3-10-7)5-12-2-1-11-15(12,13)14/h3-4,11H,1-2,5H2. The average molecular weight is 249 g/mol. The third-order valence-corrected chi connectivity index (χ3v) is 3.75. The summed E-state index contributed by atoms with van der Waals surface area (Å²) in [4.78, 5) is 7.81. The Hall–Kier alpha value is -0.760. The van der Waals surface area contributed by atoms with Gasteiger partial charge >= 0.3 is 0 Å². The minimum atomic E-state index is -3.31. The minimum Gasteiger partial charge on any atom is -0.255 e. The van der Waals surface area contributed by atoms with Crippen LogP contribution in [0.5, 0.6) is 0 Å². The molecule has 8 heteroatoms. The van der Waals surface area contributed by atoms with Crippen LogP contribution in [0.25, 0.3) is 0 Å². The van der Waals surface area contributed by atoms with Crippen molar-refractivity contribution in [2.45, 2.75) is 6.54 Å². The summed E-state index contributed by atoms with van der Waals surface area (Å²) in [6, 6.07) is 0. The van der Waals surface area contributed by atoms with E-state index in [4.69, 9.17) is 11.6 Å². The van der Waals surface area contributed by atoms with Gasteiger partial charge in [0.2, 0.25) is 0 Å². The molecule has 2 heterocycles. The van der Waals surface area contributed by atoms with Crippen molar-refractivity contribution in [3.63, 3.8) is 0 Å². The third-order valence-electron chi connectivity index (χ3n) is 2.00. The highest BCUT2D eigenvalue weighted by Gasteiger charge is 2.27. The number of rotatable bonds is 2. The van der Waals surface area contributed by atoms with Gasteiger partial charge in [-0.25, -0.2) is 9.71 Å². The van der Waals surface area contributed by atoms with E-state index in [1.54, 1.807) is 0 Å². The number of nitrogens with zero attached hydrogens (tertiary/aromatic N) is 3. The molecule has 1 aromatic heterocycles. The average Bonchev–Trinajstić information content (AvgIpc) is 2.50. The Kier molecular flexibility index (Phi) is 2.87. The second-order valence-electron chi connectivity index (χ2n) is 3.06. The van der Waals surface area contributed by atoms with E-state index in [1.165, 1.54) is 16.7 Å². The fourth-order valence-electron chi connectivity index (χ4n) is 1.28. The van der Waals surface area contributed by atoms with Crippen molar-refractivity contribution in [1.29, 1.82) is 0 Å². The van der Waals surface area contributed by atoms with Gasteiger partial charge in [0.25, 0.3) is 10.2 Å². The maximum Gasteiger partial charge on any atom is 0.279 e. The monoisotopic (exact) mass is 248 g/mol. The number of hydrogen-bond donors (Lipinski definition) is 1. The largest absolute Gasteiger partial charge is 0.279 e. The number of nitrogens with one attached hydrogen (secondary N) is 1. The fourth-order valence-corrected chi connectivity index (χ4v) is 2.54. The molecule has 0 aromatic carbocycles. The van der Waals surface area contributed by atoms with Crippen LogP contribution < -0.4 is 4.72 Å². The van der Waals surface area contributed by atoms with E-state index in [0.29, 0.717) is 23.9 Å². The molecule has 0 aliphatic carbocycles. The van der Waals surface area contributed by atoms with Crippen molar-refractivity contribution in [2.75, 3.05) is 13.1 Å². The summed E-state index contributed by atoms with van der Waals surface area (Å²) in [6.07, 6.45) is 2.86. The maximum absolute atomic E-state index is 11.4. The van der Waals surface area contributed by atoms with Crippen LogP contribution in [0.2, 0.25) is 5.15 Å². The van der Waals surface area contributed by atoms with Crippen LogP contribution in [-0.2, 0) is 16.8 Å². The summed E-state index contributed by atoms with van der Waals surface area (Å²) in [7, 11) is -3.31. The van der Waals surface area contributed by atoms with Gasteiger partial charge in [-0.3, -0.25) is 4.98 Å². The first kappa shape index (κ1) is 10.7. The van der Waals surface area contributed by atoms with E-state index in [-0.39, 0.29) is 6.54 Å². The topological polar surface area (TPSA) is 75.2 Å². The smallest absolute Gasteiger partial charge is 0.255 e. The molecule has 1 aliphatic heterocycles. The Labute approximate surface area is 92.5 Å². The molecule has 0 radical (unpaired) electrons. The van der Waals surface area contributed by atoms with E-state index >= 15 is 0 Å². The zero-order valence-corrected chi connectivity index (χ0v) is 9.29. The highest BCUT2D eigenvalue weighted by Crippen LogP contribution is 2.10. The van der Waals surface area contributed by atoms with Crippen molar-refractivity contribution in [1.82, 2.24) is 19.0 Å². The molecule has 1 aromatic rings. The quantitative estimate of drug-likeness (QED) is 0.785. The van der Waals surface area contributed by atoms with Crippen molar-refractivity contribution >= 4 is 21.8 Å². The fraction of sp³-hybridized carbons (Fsp3) is 0.429. The van der Waals surface area contributed by atoms with Gasteiger partial charge in [0.15, 0.2) is 0 Å². The lowest BCUT2D eigenvalue weighted by atomic mass is 10.4. The SMILES string of the molecule is O=S1(=O)NCCN1Cc1cnc(Cl)cn1. The Morgan fingerprint density at radius 2 is 2.27 bits per heavy atom. The predicted molar refractivity (Wildman–Crippen MR) is 54.4 cm³/mol. The van der Waals surface area contributed by atoms with Crippen LogP contribution in [0.4, 0.5) is 0 Å². The Morgan fingerprint density at radius 3 is 2.80 bits per heavy atom. The highest BCUT2D eigenvalue weighted by molar-refractivity contribution is 7.87. The van der Waals surface area contributed by atoms with Gasteiger partial charge in [-0.15, -0.1) is 0 Å². The molecule has 6 nitrogen and oxygen atoms in total. The van der Waals surface area contributed by atoms with Crippen LogP contribution in [-0.4, -0.2) is 35.8 Å². The lowest BCUT2D eigenvalue weighted by Crippen LogP contribution is -2.29. The molecule has 1 saturated heterocycles. The summed E-state index contributed by atoms with van der Waals surface area (Å²) < 4.78 is 26.5. The molecule has 2 rings (SSSR count). The predicted octanol–water partition coefficient (Wildman–Crippen LogP) is -0.220. The molecule has 82 valence electrons. The minimum absolute atomic E-state index is 0.222. The summed E-state index contributed by atoms with van der Waals surface area (Å²) in [5, 5.41) is 0.293. The van der Waals surface area contributed by atoms with Crippen molar-refractivity contribution in [3.8, 4) is 0 Å². The molecule has 15 heavy (non-hydrogen) atoms. The van der Waals surface area contributed by atoms with E-state index < -0.39 is 10.2 Å². The van der Waals surface area contributed by atoms with Gasteiger partial charge in [0.1, 0.15) is 5.15 Å². The molecular weight excluding hydrogens is 240 g/mol. The van der Waals surface area contributed by atoms with E-state index in [2.05, 4.69) is 14.7 Å². The third kappa shape index (κ3) is 2.43. The van der Waals surface area contributed by atoms with Gasteiger partial charge in [-0.05, 0) is 0 Å². The molecule has 0 unspecified atom stereocenters. The van der Waals surface area contributed by atoms with Crippen LogP contribution in [0.15, 0.2) is 12.4 Å². The molecule has 0 saturated carbocycles. The van der Waals surface area contributed by atoms with Crippen molar-refractivity contribution in [2.24, 2.45) is 0 Å². The summed E-state index contributed by atoms with van der Waals surface area (Å²) >= 11 is 5.57. The lowest BCUT2D eigenvalue weighted by molar-refractivity contribution is 0.440. The molecule has 0 atom stereocenters. The van der Waals surface area contributed by atoms with Gasteiger partial charge < -0.3 is 0 Å². The number of aromatic nitrogens is 2. The molecule has 0 spiro atoms. The number of hydrogen-bond acceptors (Lipinski definition) is 4. The van der Waals surface area contributed by atoms with E-state index in [1.807, 2.05) is 0 Å². The lowest BCUT2D eigenvalue weighted by Gasteiger charge is -2.11. The van der Waals surface area contributed by atoms with Gasteiger partial charge in [-0.2, -0.15) is 12.7 Å². The van der Waals surface area contributed by atoms with Crippen LogP contribution in [0.1, 0.15) is 5.69 Å². The van der Waals surface area contributed by atoms with Crippen LogP contribution in [0.3, 0.4) is 0 Å². The van der Waals surface area contributed by atoms with Gasteiger partial charge in [-0.1, -0.05) is 11.6 Å². The van der Waals surface area contributed by atoms with Crippen molar-refractivity contribution in [3.05, 3.63) is 23.2 Å². The zero-order valence-electron chi connectivity index (χ0n) is 7.72. The second-order valence-corrected chi connectivity index (χ2v) is 5.21. The zero-order chi connectivity index (χ0) is 10.9. The first-order valence-electron chi connectivity index (χ1n) is 4.29. The number of halogens is 1. The summed E-state index contributed by atoms with van der Waals surface area (Å²) in [6.45, 7) is 1.11. The van der Waals surface area contributed by atoms with E-state index in [0.717, 1.165) is 0 Å². The first-order chi connectivity index (χ1) is 7.08. The summed E-state index contributed by atoms with van der Waals surface area (Å²) in [5.41, 5.74) is 0.576. The van der Waals surface area contributed by atoms with Crippen LogP contribution >= 0.6 is 11.6 Å². The first-order valence-corrected chi connectivity index (χ1v) is 6.11. The molecule has 1 N–H and O–H groups in total.